The predicted octanol–water partition coefficient (Wildman–Crippen LogP) is 1.73. The second kappa shape index (κ2) is 9.30. The Hall–Kier alpha value is -2.91. The van der Waals surface area contributed by atoms with Gasteiger partial charge in [-0.05, 0) is 42.2 Å². The highest BCUT2D eigenvalue weighted by Gasteiger charge is 2.30. The van der Waals surface area contributed by atoms with Crippen LogP contribution in [0.15, 0.2) is 48.5 Å². The normalized spacial score (nSPS) is 17.4. The number of benzene rings is 2. The molecule has 8 nitrogen and oxygen atoms in total. The highest BCUT2D eigenvalue weighted by molar-refractivity contribution is 7.92. The Bertz CT molecular complexity index is 1100. The summed E-state index contributed by atoms with van der Waals surface area (Å²) in [7, 11) is -3.38. The lowest BCUT2D eigenvalue weighted by molar-refractivity contribution is -0.137. The van der Waals surface area contributed by atoms with Crippen molar-refractivity contribution < 1.29 is 22.7 Å². The summed E-state index contributed by atoms with van der Waals surface area (Å²) in [4.78, 5) is 28.1. The fraction of sp³-hybridized carbons (Fsp3) is 0.391. The summed E-state index contributed by atoms with van der Waals surface area (Å²) >= 11 is 0. The van der Waals surface area contributed by atoms with Crippen molar-refractivity contribution in [2.24, 2.45) is 0 Å². The monoisotopic (exact) mass is 457 g/mol. The standard InChI is InChI=1S/C23H27N3O5S/c1-32(29,30)26-11-5-8-18-16-19(9-10-20(18)26)22(27)24-21(17-6-3-2-4-7-17)23(28)25-12-14-31-15-13-25/h2-4,6-7,9-10,16,21H,5,8,11-15H2,1H3,(H,24,27)/t21-/m0/s1. The molecule has 0 radical (unpaired) electrons. The van der Waals surface area contributed by atoms with Gasteiger partial charge in [0.15, 0.2) is 0 Å². The average molecular weight is 458 g/mol. The van der Waals surface area contributed by atoms with E-state index in [0.717, 1.165) is 5.56 Å². The molecule has 1 fully saturated rings. The molecule has 1 N–H and O–H groups in total. The lowest BCUT2D eigenvalue weighted by Gasteiger charge is -2.31. The highest BCUT2D eigenvalue weighted by Crippen LogP contribution is 2.30. The molecule has 0 saturated carbocycles. The zero-order valence-electron chi connectivity index (χ0n) is 18.0. The summed E-state index contributed by atoms with van der Waals surface area (Å²) < 4.78 is 30.9. The van der Waals surface area contributed by atoms with Crippen molar-refractivity contribution >= 4 is 27.5 Å². The van der Waals surface area contributed by atoms with Gasteiger partial charge in [0.25, 0.3) is 5.91 Å². The molecule has 2 aromatic carbocycles. The van der Waals surface area contributed by atoms with E-state index in [-0.39, 0.29) is 11.8 Å². The number of ether oxygens (including phenoxy) is 1. The van der Waals surface area contributed by atoms with E-state index >= 15 is 0 Å². The summed E-state index contributed by atoms with van der Waals surface area (Å²) in [5.74, 6) is -0.547. The molecule has 170 valence electrons. The van der Waals surface area contributed by atoms with Gasteiger partial charge in [-0.2, -0.15) is 0 Å². The van der Waals surface area contributed by atoms with Crippen molar-refractivity contribution in [1.82, 2.24) is 10.2 Å². The van der Waals surface area contributed by atoms with Crippen LogP contribution in [0, 0.1) is 0 Å². The molecule has 0 aliphatic carbocycles. The maximum Gasteiger partial charge on any atom is 0.252 e. The Balaban J connectivity index is 1.59. The largest absolute Gasteiger partial charge is 0.378 e. The van der Waals surface area contributed by atoms with Gasteiger partial charge in [0.2, 0.25) is 15.9 Å². The number of carbonyl (C=O) groups is 2. The van der Waals surface area contributed by atoms with E-state index < -0.39 is 16.1 Å². The fourth-order valence-electron chi connectivity index (χ4n) is 4.16. The van der Waals surface area contributed by atoms with E-state index in [9.17, 15) is 18.0 Å². The quantitative estimate of drug-likeness (QED) is 0.738. The van der Waals surface area contributed by atoms with Crippen molar-refractivity contribution in [3.63, 3.8) is 0 Å². The molecule has 0 spiro atoms. The summed E-state index contributed by atoms with van der Waals surface area (Å²) in [5.41, 5.74) is 2.53. The Morgan fingerprint density at radius 1 is 1.03 bits per heavy atom. The van der Waals surface area contributed by atoms with Crippen molar-refractivity contribution in [2.75, 3.05) is 43.4 Å². The highest BCUT2D eigenvalue weighted by atomic mass is 32.2. The number of fused-ring (bicyclic) bond motifs is 1. The number of hydrogen-bond donors (Lipinski definition) is 1. The maximum atomic E-state index is 13.2. The molecule has 9 heteroatoms. The third kappa shape index (κ3) is 4.78. The molecule has 2 amide bonds. The van der Waals surface area contributed by atoms with E-state index in [2.05, 4.69) is 5.32 Å². The van der Waals surface area contributed by atoms with Gasteiger partial charge in [-0.1, -0.05) is 30.3 Å². The van der Waals surface area contributed by atoms with Crippen LogP contribution in [-0.2, 0) is 26.0 Å². The van der Waals surface area contributed by atoms with Crippen molar-refractivity contribution in [2.45, 2.75) is 18.9 Å². The number of sulfonamides is 1. The molecule has 4 rings (SSSR count). The van der Waals surface area contributed by atoms with E-state index in [1.807, 2.05) is 30.3 Å². The lowest BCUT2D eigenvalue weighted by Crippen LogP contribution is -2.47. The van der Waals surface area contributed by atoms with Crippen LogP contribution in [0.4, 0.5) is 5.69 Å². The molecule has 2 heterocycles. The number of hydrogen-bond acceptors (Lipinski definition) is 5. The van der Waals surface area contributed by atoms with E-state index in [1.165, 1.54) is 10.6 Å². The number of carbonyl (C=O) groups excluding carboxylic acids is 2. The predicted molar refractivity (Wildman–Crippen MR) is 121 cm³/mol. The molecule has 2 aromatic rings. The minimum Gasteiger partial charge on any atom is -0.378 e. The van der Waals surface area contributed by atoms with Crippen LogP contribution in [0.5, 0.6) is 0 Å². The molecule has 2 aliphatic heterocycles. The topological polar surface area (TPSA) is 96.0 Å². The van der Waals surface area contributed by atoms with Crippen LogP contribution in [0.25, 0.3) is 0 Å². The second-order valence-corrected chi connectivity index (χ2v) is 9.94. The number of nitrogens with one attached hydrogen (secondary N) is 1. The van der Waals surface area contributed by atoms with Crippen LogP contribution in [0.3, 0.4) is 0 Å². The van der Waals surface area contributed by atoms with Gasteiger partial charge in [0, 0.05) is 25.2 Å². The van der Waals surface area contributed by atoms with Crippen molar-refractivity contribution in [3.05, 3.63) is 65.2 Å². The number of nitrogens with zero attached hydrogens (tertiary/aromatic N) is 2. The van der Waals surface area contributed by atoms with Crippen LogP contribution in [0.1, 0.15) is 33.9 Å². The molecule has 2 aliphatic rings. The van der Waals surface area contributed by atoms with Gasteiger partial charge >= 0.3 is 0 Å². The van der Waals surface area contributed by atoms with Gasteiger partial charge in [-0.15, -0.1) is 0 Å². The van der Waals surface area contributed by atoms with Crippen molar-refractivity contribution in [1.29, 1.82) is 0 Å². The number of morpholine rings is 1. The number of amides is 2. The Kier molecular flexibility index (Phi) is 6.48. The molecule has 1 atom stereocenters. The van der Waals surface area contributed by atoms with Gasteiger partial charge in [0.05, 0.1) is 25.2 Å². The van der Waals surface area contributed by atoms with E-state index in [0.29, 0.717) is 62.5 Å². The van der Waals surface area contributed by atoms with Crippen LogP contribution >= 0.6 is 0 Å². The van der Waals surface area contributed by atoms with Crippen LogP contribution < -0.4 is 9.62 Å². The molecule has 1 saturated heterocycles. The van der Waals surface area contributed by atoms with E-state index in [4.69, 9.17) is 4.74 Å². The zero-order chi connectivity index (χ0) is 22.7. The Morgan fingerprint density at radius 2 is 1.75 bits per heavy atom. The summed E-state index contributed by atoms with van der Waals surface area (Å²) in [6, 6.07) is 13.4. The first-order valence-corrected chi connectivity index (χ1v) is 12.5. The third-order valence-corrected chi connectivity index (χ3v) is 6.98. The number of aryl methyl sites for hydroxylation is 1. The van der Waals surface area contributed by atoms with Gasteiger partial charge in [0.1, 0.15) is 6.04 Å². The van der Waals surface area contributed by atoms with Crippen LogP contribution in [-0.4, -0.2) is 64.2 Å². The first-order chi connectivity index (χ1) is 15.3. The summed E-state index contributed by atoms with van der Waals surface area (Å²) in [6.07, 6.45) is 2.56. The van der Waals surface area contributed by atoms with Crippen LogP contribution in [0.2, 0.25) is 0 Å². The smallest absolute Gasteiger partial charge is 0.252 e. The van der Waals surface area contributed by atoms with Gasteiger partial charge in [-0.3, -0.25) is 13.9 Å². The number of rotatable bonds is 5. The SMILES string of the molecule is CS(=O)(=O)N1CCCc2cc(C(=O)N[C@H](C(=O)N3CCOCC3)c3ccccc3)ccc21. The fourth-order valence-corrected chi connectivity index (χ4v) is 5.16. The number of anilines is 1. The Morgan fingerprint density at radius 3 is 2.44 bits per heavy atom. The van der Waals surface area contributed by atoms with Crippen molar-refractivity contribution in [3.8, 4) is 0 Å². The van der Waals surface area contributed by atoms with Gasteiger partial charge in [-0.25, -0.2) is 8.42 Å². The molecule has 0 aromatic heterocycles. The Labute approximate surface area is 188 Å². The molecular weight excluding hydrogens is 430 g/mol. The first kappa shape index (κ1) is 22.3. The molecule has 0 unspecified atom stereocenters. The third-order valence-electron chi connectivity index (χ3n) is 5.80. The minimum atomic E-state index is -3.38. The average Bonchev–Trinajstić information content (AvgIpc) is 2.81. The summed E-state index contributed by atoms with van der Waals surface area (Å²) in [5, 5.41) is 2.89. The molecule has 32 heavy (non-hydrogen) atoms. The van der Waals surface area contributed by atoms with Gasteiger partial charge < -0.3 is 15.0 Å². The first-order valence-electron chi connectivity index (χ1n) is 10.7. The molecule has 0 bridgehead atoms. The van der Waals surface area contributed by atoms with E-state index in [1.54, 1.807) is 23.1 Å². The maximum absolute atomic E-state index is 13.2. The zero-order valence-corrected chi connectivity index (χ0v) is 18.8. The summed E-state index contributed by atoms with van der Waals surface area (Å²) in [6.45, 7) is 2.35. The minimum absolute atomic E-state index is 0.172. The lowest BCUT2D eigenvalue weighted by atomic mass is 9.99. The molecular formula is C23H27N3O5S. The second-order valence-electron chi connectivity index (χ2n) is 8.04.